The third kappa shape index (κ3) is 10.1. The van der Waals surface area contributed by atoms with Crippen LogP contribution < -0.4 is 4.72 Å². The van der Waals surface area contributed by atoms with Gasteiger partial charge in [0.05, 0.1) is 11.4 Å². The maximum atomic E-state index is 13.4. The topological polar surface area (TPSA) is 101 Å². The summed E-state index contributed by atoms with van der Waals surface area (Å²) in [5, 5.41) is 7.72. The Kier molecular flexibility index (Phi) is 10.0. The van der Waals surface area contributed by atoms with Crippen molar-refractivity contribution in [2.75, 3.05) is 0 Å². The highest BCUT2D eigenvalue weighted by atomic mass is 32.2. The first-order valence-electron chi connectivity index (χ1n) is 7.42. The van der Waals surface area contributed by atoms with Crippen LogP contribution in [0, 0.1) is 5.82 Å². The molecule has 6 nitrogen and oxygen atoms in total. The smallest absolute Gasteiger partial charge is 0.303 e. The summed E-state index contributed by atoms with van der Waals surface area (Å²) in [6.45, 7) is 4.59. The number of carbonyl (C=O) groups excluding carboxylic acids is 1. The molecule has 138 valence electrons. The van der Waals surface area contributed by atoms with Crippen molar-refractivity contribution in [1.82, 2.24) is 4.72 Å². The first-order chi connectivity index (χ1) is 11.6. The van der Waals surface area contributed by atoms with E-state index >= 15 is 0 Å². The van der Waals surface area contributed by atoms with Gasteiger partial charge in [0.2, 0.25) is 10.0 Å². The summed E-state index contributed by atoms with van der Waals surface area (Å²) in [5.41, 5.74) is -0.00613. The molecular formula is C17H22FNO5S. The van der Waals surface area contributed by atoms with E-state index in [9.17, 15) is 22.4 Å². The Morgan fingerprint density at radius 1 is 1.28 bits per heavy atom. The lowest BCUT2D eigenvalue weighted by atomic mass is 10.2. The fourth-order valence-electron chi connectivity index (χ4n) is 1.44. The minimum Gasteiger partial charge on any atom is -0.481 e. The number of Topliss-reactive ketones (excluding diaryl/α,β-unsaturated/α-hetero) is 1. The molecule has 1 aromatic carbocycles. The van der Waals surface area contributed by atoms with Gasteiger partial charge in [-0.25, -0.2) is 12.8 Å². The summed E-state index contributed by atoms with van der Waals surface area (Å²) in [6.07, 6.45) is 4.79. The molecule has 0 atom stereocenters. The minimum atomic E-state index is -3.84. The van der Waals surface area contributed by atoms with Gasteiger partial charge in [-0.3, -0.25) is 14.3 Å². The number of ketones is 1. The molecule has 0 radical (unpaired) electrons. The highest BCUT2D eigenvalue weighted by Crippen LogP contribution is 2.11. The maximum absolute atomic E-state index is 13.4. The minimum absolute atomic E-state index is 0.0499. The number of aliphatic carboxylic acids is 1. The third-order valence-corrected chi connectivity index (χ3v) is 3.93. The molecule has 1 rings (SSSR count). The predicted octanol–water partition coefficient (Wildman–Crippen LogP) is 2.78. The summed E-state index contributed by atoms with van der Waals surface area (Å²) >= 11 is 0. The maximum Gasteiger partial charge on any atom is 0.303 e. The lowest BCUT2D eigenvalue weighted by Crippen LogP contribution is -2.28. The van der Waals surface area contributed by atoms with E-state index in [1.807, 2.05) is 0 Å². The molecule has 0 amide bonds. The lowest BCUT2D eigenvalue weighted by molar-refractivity contribution is -0.136. The number of hydrogen-bond donors (Lipinski definition) is 2. The second kappa shape index (κ2) is 11.1. The van der Waals surface area contributed by atoms with Crippen LogP contribution in [0.2, 0.25) is 0 Å². The molecule has 0 aliphatic carbocycles. The van der Waals surface area contributed by atoms with Crippen LogP contribution in [-0.2, 0) is 25.4 Å². The number of benzene rings is 1. The molecule has 0 heterocycles. The summed E-state index contributed by atoms with van der Waals surface area (Å²) in [7, 11) is -3.84. The second-order valence-electron chi connectivity index (χ2n) is 4.86. The fraction of sp³-hybridized carbons (Fsp3) is 0.294. The van der Waals surface area contributed by atoms with Gasteiger partial charge in [-0.2, -0.15) is 0 Å². The second-order valence-corrected chi connectivity index (χ2v) is 6.58. The number of carboxylic acids is 1. The van der Waals surface area contributed by atoms with Crippen LogP contribution in [0.4, 0.5) is 4.39 Å². The zero-order valence-corrected chi connectivity index (χ0v) is 15.1. The first kappa shape index (κ1) is 22.5. The van der Waals surface area contributed by atoms with Crippen molar-refractivity contribution < 1.29 is 27.5 Å². The molecule has 0 aromatic heterocycles. The summed E-state index contributed by atoms with van der Waals surface area (Å²) in [4.78, 5) is 20.7. The number of rotatable bonds is 7. The number of nitrogens with one attached hydrogen (secondary N) is 1. The molecule has 0 unspecified atom stereocenters. The number of sulfonamides is 1. The molecule has 8 heteroatoms. The van der Waals surface area contributed by atoms with Crippen molar-refractivity contribution >= 4 is 21.8 Å². The van der Waals surface area contributed by atoms with E-state index in [4.69, 9.17) is 5.11 Å². The molecular weight excluding hydrogens is 349 g/mol. The Bertz CT molecular complexity index is 754. The van der Waals surface area contributed by atoms with E-state index in [0.717, 1.165) is 0 Å². The van der Waals surface area contributed by atoms with Crippen LogP contribution in [0.1, 0.15) is 32.8 Å². The largest absolute Gasteiger partial charge is 0.481 e. The van der Waals surface area contributed by atoms with Crippen LogP contribution in [0.5, 0.6) is 0 Å². The van der Waals surface area contributed by atoms with Crippen LogP contribution in [0.15, 0.2) is 48.2 Å². The molecule has 0 saturated carbocycles. The Balaban J connectivity index is 0.00000101. The average molecular weight is 371 g/mol. The van der Waals surface area contributed by atoms with E-state index in [0.29, 0.717) is 0 Å². The van der Waals surface area contributed by atoms with E-state index in [2.05, 4.69) is 4.72 Å². The molecule has 0 aliphatic rings. The molecule has 0 fully saturated rings. The molecule has 2 N–H and O–H groups in total. The van der Waals surface area contributed by atoms with Gasteiger partial charge in [-0.05, 0) is 19.1 Å². The van der Waals surface area contributed by atoms with Gasteiger partial charge in [-0.15, -0.1) is 0 Å². The normalized spacial score (nSPS) is 11.6. The number of carboxylic acid groups (broad SMARTS) is 1. The van der Waals surface area contributed by atoms with E-state index in [1.165, 1.54) is 31.2 Å². The standard InChI is InChI=1S/C14H16FNO3S.C3H6O2/c1-3-4-9-14(11(2)17)16-20(18,19)10-12-7-5-6-8-13(12)15;1-2-3(4)5/h3-9,16H,10H2,1-2H3;2H2,1H3,(H,4,5)/b4-3-,14-9+;. The summed E-state index contributed by atoms with van der Waals surface area (Å²) in [5.74, 6) is -2.29. The first-order valence-corrected chi connectivity index (χ1v) is 9.07. The predicted molar refractivity (Wildman–Crippen MR) is 93.7 cm³/mol. The van der Waals surface area contributed by atoms with Crippen molar-refractivity contribution in [2.24, 2.45) is 0 Å². The van der Waals surface area contributed by atoms with Gasteiger partial charge in [-0.1, -0.05) is 37.3 Å². The molecule has 0 spiro atoms. The van der Waals surface area contributed by atoms with Crippen molar-refractivity contribution in [3.8, 4) is 0 Å². The number of allylic oxidation sites excluding steroid dienone is 4. The van der Waals surface area contributed by atoms with Crippen LogP contribution in [0.25, 0.3) is 0 Å². The van der Waals surface area contributed by atoms with Crippen molar-refractivity contribution in [3.05, 3.63) is 59.6 Å². The van der Waals surface area contributed by atoms with Gasteiger partial charge < -0.3 is 5.11 Å². The van der Waals surface area contributed by atoms with E-state index in [1.54, 1.807) is 32.1 Å². The van der Waals surface area contributed by atoms with Crippen LogP contribution in [0.3, 0.4) is 0 Å². The quantitative estimate of drug-likeness (QED) is 0.567. The summed E-state index contributed by atoms with van der Waals surface area (Å²) in [6, 6.07) is 5.60. The van der Waals surface area contributed by atoms with Crippen molar-refractivity contribution in [1.29, 1.82) is 0 Å². The zero-order chi connectivity index (χ0) is 19.5. The Hall–Kier alpha value is -2.48. The zero-order valence-electron chi connectivity index (χ0n) is 14.3. The molecule has 0 bridgehead atoms. The fourth-order valence-corrected chi connectivity index (χ4v) is 2.70. The Morgan fingerprint density at radius 2 is 1.84 bits per heavy atom. The summed E-state index contributed by atoms with van der Waals surface area (Å²) < 4.78 is 39.5. The monoisotopic (exact) mass is 371 g/mol. The average Bonchev–Trinajstić information content (AvgIpc) is 2.53. The third-order valence-electron chi connectivity index (χ3n) is 2.71. The van der Waals surface area contributed by atoms with Gasteiger partial charge >= 0.3 is 5.97 Å². The van der Waals surface area contributed by atoms with E-state index < -0.39 is 33.3 Å². The molecule has 0 aliphatic heterocycles. The number of carbonyl (C=O) groups is 2. The molecule has 0 saturated heterocycles. The van der Waals surface area contributed by atoms with E-state index in [-0.39, 0.29) is 17.7 Å². The lowest BCUT2D eigenvalue weighted by Gasteiger charge is -2.09. The van der Waals surface area contributed by atoms with Gasteiger partial charge in [0, 0.05) is 18.9 Å². The highest BCUT2D eigenvalue weighted by molar-refractivity contribution is 7.88. The Labute approximate surface area is 147 Å². The van der Waals surface area contributed by atoms with Crippen molar-refractivity contribution in [2.45, 2.75) is 32.9 Å². The SMILES string of the molecule is C/C=C\C=C(\NS(=O)(=O)Cc1ccccc1F)C(C)=O.CCC(=O)O. The van der Waals surface area contributed by atoms with Gasteiger partial charge in [0.1, 0.15) is 5.82 Å². The van der Waals surface area contributed by atoms with Gasteiger partial charge in [0.25, 0.3) is 0 Å². The Morgan fingerprint density at radius 3 is 2.28 bits per heavy atom. The van der Waals surface area contributed by atoms with Crippen LogP contribution >= 0.6 is 0 Å². The number of halogens is 1. The highest BCUT2D eigenvalue weighted by Gasteiger charge is 2.17. The van der Waals surface area contributed by atoms with Crippen LogP contribution in [-0.4, -0.2) is 25.3 Å². The molecule has 25 heavy (non-hydrogen) atoms. The molecule has 1 aromatic rings. The van der Waals surface area contributed by atoms with Crippen molar-refractivity contribution in [3.63, 3.8) is 0 Å². The number of hydrogen-bond acceptors (Lipinski definition) is 4. The van der Waals surface area contributed by atoms with Gasteiger partial charge in [0.15, 0.2) is 5.78 Å².